The fraction of sp³-hybridized carbons (Fsp3) is 0.625. The van der Waals surface area contributed by atoms with Crippen molar-refractivity contribution in [1.82, 2.24) is 15.2 Å². The molecule has 1 aromatic rings. The van der Waals surface area contributed by atoms with Gasteiger partial charge in [-0.05, 0) is 18.5 Å². The first-order valence-electron chi connectivity index (χ1n) is 4.52. The highest BCUT2D eigenvalue weighted by Gasteiger charge is 2.27. The number of hydrogen-bond acceptors (Lipinski definition) is 5. The number of carbonyl (C=O) groups is 1. The van der Waals surface area contributed by atoms with Gasteiger partial charge in [-0.2, -0.15) is 0 Å². The first-order chi connectivity index (χ1) is 6.68. The van der Waals surface area contributed by atoms with Crippen LogP contribution in [0.1, 0.15) is 22.6 Å². The lowest BCUT2D eigenvalue weighted by molar-refractivity contribution is 0.0779. The first kappa shape index (κ1) is 9.14. The van der Waals surface area contributed by atoms with E-state index in [2.05, 4.69) is 14.9 Å². The molecule has 2 rings (SSSR count). The molecule has 1 aromatic heterocycles. The zero-order valence-electron chi connectivity index (χ0n) is 7.93. The lowest BCUT2D eigenvalue weighted by Crippen LogP contribution is -2.32. The second kappa shape index (κ2) is 3.38. The van der Waals surface area contributed by atoms with Crippen LogP contribution < -0.4 is 5.73 Å². The van der Waals surface area contributed by atoms with Crippen LogP contribution in [0.3, 0.4) is 0 Å². The molecule has 1 fully saturated rings. The zero-order valence-corrected chi connectivity index (χ0v) is 7.93. The number of aromatic nitrogens is 2. The third-order valence-corrected chi connectivity index (χ3v) is 2.37. The van der Waals surface area contributed by atoms with Crippen molar-refractivity contribution in [3.63, 3.8) is 0 Å². The van der Waals surface area contributed by atoms with Crippen LogP contribution in [-0.4, -0.2) is 40.3 Å². The summed E-state index contributed by atoms with van der Waals surface area (Å²) in [4.78, 5) is 13.5. The second-order valence-corrected chi connectivity index (χ2v) is 3.50. The van der Waals surface area contributed by atoms with E-state index >= 15 is 0 Å². The van der Waals surface area contributed by atoms with Crippen LogP contribution in [0.4, 0.5) is 0 Å². The summed E-state index contributed by atoms with van der Waals surface area (Å²) in [6.07, 6.45) is 0.843. The maximum Gasteiger partial charge on any atom is 0.278 e. The van der Waals surface area contributed by atoms with Crippen molar-refractivity contribution >= 4 is 5.91 Å². The van der Waals surface area contributed by atoms with Gasteiger partial charge in [-0.15, -0.1) is 0 Å². The lowest BCUT2D eigenvalue weighted by Gasteiger charge is -2.13. The molecular formula is C8H12N4O2. The van der Waals surface area contributed by atoms with Gasteiger partial charge in [0.2, 0.25) is 0 Å². The maximum atomic E-state index is 11.8. The fourth-order valence-electron chi connectivity index (χ4n) is 1.55. The van der Waals surface area contributed by atoms with E-state index in [0.717, 1.165) is 6.42 Å². The maximum absolute atomic E-state index is 11.8. The summed E-state index contributed by atoms with van der Waals surface area (Å²) in [5.41, 5.74) is 6.52. The summed E-state index contributed by atoms with van der Waals surface area (Å²) >= 11 is 0. The quantitative estimate of drug-likeness (QED) is 0.657. The van der Waals surface area contributed by atoms with Crippen LogP contribution in [0, 0.1) is 6.92 Å². The Kier molecular flexibility index (Phi) is 2.20. The molecule has 1 atom stereocenters. The molecule has 14 heavy (non-hydrogen) atoms. The van der Waals surface area contributed by atoms with E-state index in [0.29, 0.717) is 24.5 Å². The number of hydrogen-bond donors (Lipinski definition) is 1. The molecule has 2 N–H and O–H groups in total. The van der Waals surface area contributed by atoms with Crippen molar-refractivity contribution in [1.29, 1.82) is 0 Å². The van der Waals surface area contributed by atoms with Crippen LogP contribution in [0.15, 0.2) is 4.63 Å². The molecule has 1 aliphatic rings. The molecule has 2 heterocycles. The predicted octanol–water partition coefficient (Wildman–Crippen LogP) is -0.449. The minimum atomic E-state index is -0.142. The molecule has 6 heteroatoms. The van der Waals surface area contributed by atoms with Crippen LogP contribution >= 0.6 is 0 Å². The Morgan fingerprint density at radius 2 is 2.43 bits per heavy atom. The van der Waals surface area contributed by atoms with Gasteiger partial charge in [-0.25, -0.2) is 4.63 Å². The molecule has 0 spiro atoms. The summed E-state index contributed by atoms with van der Waals surface area (Å²) < 4.78 is 4.47. The molecule has 1 amide bonds. The summed E-state index contributed by atoms with van der Waals surface area (Å²) in [5.74, 6) is -0.142. The van der Waals surface area contributed by atoms with Crippen LogP contribution in [-0.2, 0) is 0 Å². The number of carbonyl (C=O) groups excluding carboxylic acids is 1. The number of nitrogens with two attached hydrogens (primary N) is 1. The van der Waals surface area contributed by atoms with Gasteiger partial charge >= 0.3 is 0 Å². The third kappa shape index (κ3) is 1.48. The third-order valence-electron chi connectivity index (χ3n) is 2.37. The van der Waals surface area contributed by atoms with Gasteiger partial charge in [-0.1, -0.05) is 5.16 Å². The van der Waals surface area contributed by atoms with Crippen molar-refractivity contribution in [2.24, 2.45) is 5.73 Å². The van der Waals surface area contributed by atoms with E-state index in [1.807, 2.05) is 0 Å². The van der Waals surface area contributed by atoms with Crippen LogP contribution in [0.25, 0.3) is 0 Å². The fourth-order valence-corrected chi connectivity index (χ4v) is 1.55. The van der Waals surface area contributed by atoms with E-state index in [1.165, 1.54) is 0 Å². The topological polar surface area (TPSA) is 85.2 Å². The Labute approximate surface area is 81.0 Å². The Balaban J connectivity index is 2.13. The first-order valence-corrected chi connectivity index (χ1v) is 4.52. The van der Waals surface area contributed by atoms with Crippen molar-refractivity contribution < 1.29 is 9.42 Å². The van der Waals surface area contributed by atoms with Crippen LogP contribution in [0.2, 0.25) is 0 Å². The molecule has 0 aromatic carbocycles. The molecule has 0 radical (unpaired) electrons. The van der Waals surface area contributed by atoms with Crippen molar-refractivity contribution in [3.05, 3.63) is 11.4 Å². The van der Waals surface area contributed by atoms with Crippen LogP contribution in [0.5, 0.6) is 0 Å². The normalized spacial score (nSPS) is 21.6. The highest BCUT2D eigenvalue weighted by atomic mass is 16.6. The summed E-state index contributed by atoms with van der Waals surface area (Å²) in [5, 5.41) is 7.13. The molecule has 0 bridgehead atoms. The van der Waals surface area contributed by atoms with Gasteiger partial charge in [0.05, 0.1) is 0 Å². The molecule has 0 saturated carbocycles. The number of amides is 1. The Morgan fingerprint density at radius 3 is 2.93 bits per heavy atom. The predicted molar refractivity (Wildman–Crippen MR) is 47.5 cm³/mol. The molecule has 0 aliphatic carbocycles. The second-order valence-electron chi connectivity index (χ2n) is 3.50. The van der Waals surface area contributed by atoms with Crippen molar-refractivity contribution in [3.8, 4) is 0 Å². The SMILES string of the molecule is Cc1nonc1C(=O)N1CCC(N)C1. The van der Waals surface area contributed by atoms with Gasteiger partial charge < -0.3 is 10.6 Å². The van der Waals surface area contributed by atoms with E-state index in [-0.39, 0.29) is 11.9 Å². The summed E-state index contributed by atoms with van der Waals surface area (Å²) in [6.45, 7) is 2.97. The molecular weight excluding hydrogens is 184 g/mol. The number of aryl methyl sites for hydroxylation is 1. The van der Waals surface area contributed by atoms with Crippen molar-refractivity contribution in [2.45, 2.75) is 19.4 Å². The zero-order chi connectivity index (χ0) is 10.1. The van der Waals surface area contributed by atoms with E-state index < -0.39 is 0 Å². The average Bonchev–Trinajstić information content (AvgIpc) is 2.73. The minimum absolute atomic E-state index is 0.0825. The Hall–Kier alpha value is -1.43. The molecule has 6 nitrogen and oxygen atoms in total. The van der Waals surface area contributed by atoms with E-state index in [9.17, 15) is 4.79 Å². The number of rotatable bonds is 1. The van der Waals surface area contributed by atoms with Gasteiger partial charge in [-0.3, -0.25) is 4.79 Å². The number of nitrogens with zero attached hydrogens (tertiary/aromatic N) is 3. The average molecular weight is 196 g/mol. The molecule has 76 valence electrons. The van der Waals surface area contributed by atoms with Gasteiger partial charge in [0, 0.05) is 19.1 Å². The molecule has 1 aliphatic heterocycles. The lowest BCUT2D eigenvalue weighted by atomic mass is 10.3. The Bertz CT molecular complexity index is 349. The smallest absolute Gasteiger partial charge is 0.278 e. The highest BCUT2D eigenvalue weighted by Crippen LogP contribution is 2.12. The Morgan fingerprint density at radius 1 is 1.64 bits per heavy atom. The monoisotopic (exact) mass is 196 g/mol. The van der Waals surface area contributed by atoms with Gasteiger partial charge in [0.25, 0.3) is 5.91 Å². The van der Waals surface area contributed by atoms with Gasteiger partial charge in [0.1, 0.15) is 5.69 Å². The van der Waals surface area contributed by atoms with E-state index in [4.69, 9.17) is 5.73 Å². The van der Waals surface area contributed by atoms with E-state index in [1.54, 1.807) is 11.8 Å². The molecule has 1 unspecified atom stereocenters. The van der Waals surface area contributed by atoms with Crippen molar-refractivity contribution in [2.75, 3.05) is 13.1 Å². The number of likely N-dealkylation sites (tertiary alicyclic amines) is 1. The van der Waals surface area contributed by atoms with Gasteiger partial charge in [0.15, 0.2) is 5.69 Å². The summed E-state index contributed by atoms with van der Waals surface area (Å²) in [6, 6.07) is 0.0825. The highest BCUT2D eigenvalue weighted by molar-refractivity contribution is 5.93. The summed E-state index contributed by atoms with van der Waals surface area (Å²) in [7, 11) is 0. The minimum Gasteiger partial charge on any atom is -0.336 e. The molecule has 1 saturated heterocycles. The largest absolute Gasteiger partial charge is 0.336 e. The standard InChI is InChI=1S/C8H12N4O2/c1-5-7(11-14-10-5)8(13)12-3-2-6(9)4-12/h6H,2-4,9H2,1H3.